The van der Waals surface area contributed by atoms with E-state index in [4.69, 9.17) is 0 Å². The van der Waals surface area contributed by atoms with E-state index in [0.29, 0.717) is 18.3 Å². The number of rotatable bonds is 6. The van der Waals surface area contributed by atoms with E-state index in [-0.39, 0.29) is 11.7 Å². The van der Waals surface area contributed by atoms with Crippen LogP contribution in [0.25, 0.3) is 0 Å². The number of halogens is 1. The van der Waals surface area contributed by atoms with Gasteiger partial charge in [0.15, 0.2) is 0 Å². The van der Waals surface area contributed by atoms with Crippen LogP contribution in [-0.2, 0) is 4.79 Å². The van der Waals surface area contributed by atoms with Gasteiger partial charge in [-0.1, -0.05) is 12.1 Å². The van der Waals surface area contributed by atoms with Crippen LogP contribution in [0, 0.1) is 17.7 Å². The van der Waals surface area contributed by atoms with Gasteiger partial charge in [0, 0.05) is 32.2 Å². The topological polar surface area (TPSA) is 35.6 Å². The summed E-state index contributed by atoms with van der Waals surface area (Å²) < 4.78 is 13.9. The molecule has 0 spiro atoms. The first-order chi connectivity index (χ1) is 11.7. The van der Waals surface area contributed by atoms with Crippen LogP contribution >= 0.6 is 0 Å². The van der Waals surface area contributed by atoms with Crippen molar-refractivity contribution in [2.45, 2.75) is 31.7 Å². The lowest BCUT2D eigenvalue weighted by atomic mass is 10.1. The summed E-state index contributed by atoms with van der Waals surface area (Å²) in [6.07, 6.45) is 5.12. The molecule has 1 amide bonds. The lowest BCUT2D eigenvalue weighted by molar-refractivity contribution is -0.123. The fourth-order valence-electron chi connectivity index (χ4n) is 3.82. The molecule has 5 heteroatoms. The van der Waals surface area contributed by atoms with E-state index in [1.165, 1.54) is 31.7 Å². The number of hydrogen-bond acceptors (Lipinski definition) is 3. The predicted molar refractivity (Wildman–Crippen MR) is 92.4 cm³/mol. The summed E-state index contributed by atoms with van der Waals surface area (Å²) >= 11 is 0. The van der Waals surface area contributed by atoms with Crippen LogP contribution in [0.15, 0.2) is 24.3 Å². The first-order valence-corrected chi connectivity index (χ1v) is 9.22. The molecule has 1 heterocycles. The molecule has 1 saturated heterocycles. The van der Waals surface area contributed by atoms with Gasteiger partial charge in [-0.25, -0.2) is 4.39 Å². The molecule has 2 saturated carbocycles. The third kappa shape index (κ3) is 3.72. The van der Waals surface area contributed by atoms with Gasteiger partial charge in [-0.05, 0) is 49.7 Å². The Morgan fingerprint density at radius 1 is 1.08 bits per heavy atom. The maximum Gasteiger partial charge on any atom is 0.234 e. The predicted octanol–water partition coefficient (Wildman–Crippen LogP) is 2.25. The Morgan fingerprint density at radius 2 is 1.71 bits per heavy atom. The highest BCUT2D eigenvalue weighted by molar-refractivity contribution is 5.78. The van der Waals surface area contributed by atoms with E-state index in [1.807, 2.05) is 12.1 Å². The minimum atomic E-state index is -0.166. The molecule has 3 fully saturated rings. The first kappa shape index (κ1) is 15.9. The summed E-state index contributed by atoms with van der Waals surface area (Å²) in [5, 5.41) is 3.29. The van der Waals surface area contributed by atoms with E-state index in [2.05, 4.69) is 15.1 Å². The van der Waals surface area contributed by atoms with E-state index in [1.54, 1.807) is 6.07 Å². The zero-order valence-electron chi connectivity index (χ0n) is 14.1. The van der Waals surface area contributed by atoms with Gasteiger partial charge in [-0.2, -0.15) is 0 Å². The number of para-hydroxylation sites is 1. The lowest BCUT2D eigenvalue weighted by Crippen LogP contribution is -2.51. The fraction of sp³-hybridized carbons (Fsp3) is 0.632. The van der Waals surface area contributed by atoms with Gasteiger partial charge in [-0.3, -0.25) is 9.69 Å². The summed E-state index contributed by atoms with van der Waals surface area (Å²) in [4.78, 5) is 16.6. The monoisotopic (exact) mass is 331 g/mol. The van der Waals surface area contributed by atoms with E-state index in [9.17, 15) is 9.18 Å². The molecule has 130 valence electrons. The molecule has 0 unspecified atom stereocenters. The van der Waals surface area contributed by atoms with Gasteiger partial charge >= 0.3 is 0 Å². The van der Waals surface area contributed by atoms with E-state index >= 15 is 0 Å². The van der Waals surface area contributed by atoms with Crippen LogP contribution < -0.4 is 10.2 Å². The van der Waals surface area contributed by atoms with Gasteiger partial charge in [0.1, 0.15) is 5.82 Å². The molecule has 0 aromatic heterocycles. The number of nitrogens with one attached hydrogen (secondary N) is 1. The van der Waals surface area contributed by atoms with Crippen LogP contribution in [0.5, 0.6) is 0 Å². The van der Waals surface area contributed by atoms with Crippen LogP contribution in [0.4, 0.5) is 10.1 Å². The van der Waals surface area contributed by atoms with E-state index in [0.717, 1.165) is 38.0 Å². The largest absolute Gasteiger partial charge is 0.367 e. The zero-order valence-corrected chi connectivity index (χ0v) is 14.1. The van der Waals surface area contributed by atoms with Crippen molar-refractivity contribution < 1.29 is 9.18 Å². The number of piperazine rings is 1. The van der Waals surface area contributed by atoms with Gasteiger partial charge in [0.25, 0.3) is 0 Å². The second-order valence-corrected chi connectivity index (χ2v) is 7.48. The van der Waals surface area contributed by atoms with Crippen molar-refractivity contribution in [2.75, 3.05) is 37.6 Å². The molecule has 4 rings (SSSR count). The molecule has 1 aromatic carbocycles. The second kappa shape index (κ2) is 6.71. The minimum Gasteiger partial charge on any atom is -0.367 e. The first-order valence-electron chi connectivity index (χ1n) is 9.22. The average Bonchev–Trinajstić information content (AvgIpc) is 3.48. The highest BCUT2D eigenvalue weighted by atomic mass is 19.1. The third-order valence-electron chi connectivity index (χ3n) is 5.52. The summed E-state index contributed by atoms with van der Waals surface area (Å²) in [6.45, 7) is 3.62. The van der Waals surface area contributed by atoms with Gasteiger partial charge < -0.3 is 10.2 Å². The Labute approximate surface area is 143 Å². The smallest absolute Gasteiger partial charge is 0.234 e. The molecule has 0 radical (unpaired) electrons. The van der Waals surface area contributed by atoms with Crippen LogP contribution in [0.3, 0.4) is 0 Å². The van der Waals surface area contributed by atoms with E-state index < -0.39 is 0 Å². The number of anilines is 1. The quantitative estimate of drug-likeness (QED) is 0.868. The minimum absolute atomic E-state index is 0.165. The molecule has 0 atom stereocenters. The SMILES string of the molecule is O=C(CN1CCN(c2ccccc2F)CC1)NC(C1CC1)C1CC1. The third-order valence-corrected chi connectivity index (χ3v) is 5.52. The number of carbonyl (C=O) groups excluding carboxylic acids is 1. The molecular weight excluding hydrogens is 305 g/mol. The molecule has 0 bridgehead atoms. The summed E-state index contributed by atoms with van der Waals surface area (Å²) in [5.74, 6) is 1.47. The molecular formula is C19H26FN3O. The number of hydrogen-bond donors (Lipinski definition) is 1. The summed E-state index contributed by atoms with van der Waals surface area (Å²) in [5.41, 5.74) is 0.670. The second-order valence-electron chi connectivity index (χ2n) is 7.48. The zero-order chi connectivity index (χ0) is 16.5. The number of nitrogens with zero attached hydrogens (tertiary/aromatic N) is 2. The van der Waals surface area contributed by atoms with Gasteiger partial charge in [0.2, 0.25) is 5.91 Å². The molecule has 3 aliphatic rings. The van der Waals surface area contributed by atoms with Crippen molar-refractivity contribution >= 4 is 11.6 Å². The average molecular weight is 331 g/mol. The Morgan fingerprint density at radius 3 is 2.29 bits per heavy atom. The standard InChI is InChI=1S/C19H26FN3O/c20-16-3-1-2-4-17(16)23-11-9-22(10-12-23)13-18(24)21-19(14-5-6-14)15-7-8-15/h1-4,14-15,19H,5-13H2,(H,21,24). The molecule has 1 N–H and O–H groups in total. The summed E-state index contributed by atoms with van der Waals surface area (Å²) in [7, 11) is 0. The van der Waals surface area contributed by atoms with Crippen molar-refractivity contribution in [1.82, 2.24) is 10.2 Å². The summed E-state index contributed by atoms with van der Waals surface area (Å²) in [6, 6.07) is 7.35. The fourth-order valence-corrected chi connectivity index (χ4v) is 3.82. The molecule has 1 aliphatic heterocycles. The lowest BCUT2D eigenvalue weighted by Gasteiger charge is -2.36. The van der Waals surface area contributed by atoms with Crippen molar-refractivity contribution in [1.29, 1.82) is 0 Å². The van der Waals surface area contributed by atoms with Crippen LogP contribution in [0.1, 0.15) is 25.7 Å². The van der Waals surface area contributed by atoms with Gasteiger partial charge in [0.05, 0.1) is 12.2 Å². The van der Waals surface area contributed by atoms with Crippen molar-refractivity contribution in [2.24, 2.45) is 11.8 Å². The molecule has 24 heavy (non-hydrogen) atoms. The Kier molecular flexibility index (Phi) is 4.44. The highest BCUT2D eigenvalue weighted by Gasteiger charge is 2.42. The Hall–Kier alpha value is -1.62. The van der Waals surface area contributed by atoms with Crippen molar-refractivity contribution in [3.8, 4) is 0 Å². The van der Waals surface area contributed by atoms with Crippen LogP contribution in [0.2, 0.25) is 0 Å². The number of amides is 1. The normalized spacial score (nSPS) is 22.0. The maximum absolute atomic E-state index is 13.9. The number of carbonyl (C=O) groups is 1. The maximum atomic E-state index is 13.9. The van der Waals surface area contributed by atoms with Crippen molar-refractivity contribution in [3.63, 3.8) is 0 Å². The van der Waals surface area contributed by atoms with Crippen molar-refractivity contribution in [3.05, 3.63) is 30.1 Å². The molecule has 4 nitrogen and oxygen atoms in total. The Balaban J connectivity index is 1.25. The number of benzene rings is 1. The molecule has 1 aromatic rings. The van der Waals surface area contributed by atoms with Crippen LogP contribution in [-0.4, -0.2) is 49.6 Å². The Bertz CT molecular complexity index is 580. The van der Waals surface area contributed by atoms with Gasteiger partial charge in [-0.15, -0.1) is 0 Å². The highest BCUT2D eigenvalue weighted by Crippen LogP contribution is 2.44. The molecule has 2 aliphatic carbocycles.